The predicted molar refractivity (Wildman–Crippen MR) is 182 cm³/mol. The molecule has 0 spiro atoms. The molecule has 5 nitrogen and oxygen atoms in total. The van der Waals surface area contributed by atoms with Gasteiger partial charge in [-0.1, -0.05) is 66.7 Å². The van der Waals surface area contributed by atoms with Gasteiger partial charge in [-0.3, -0.25) is 4.55 Å². The average Bonchev–Trinajstić information content (AvgIpc) is 3.00. The number of para-hydroxylation sites is 1. The molecule has 5 aromatic carbocycles. The Balaban J connectivity index is 1.30. The number of aryl methyl sites for hydroxylation is 3. The third-order valence-electron chi connectivity index (χ3n) is 7.84. The first kappa shape index (κ1) is 29.3. The molecule has 0 radical (unpaired) electrons. The van der Waals surface area contributed by atoms with E-state index in [-0.39, 0.29) is 5.75 Å². The molecule has 1 N–H and O–H groups in total. The van der Waals surface area contributed by atoms with Crippen LogP contribution in [0.2, 0.25) is 0 Å². The Kier molecular flexibility index (Phi) is 8.29. The Morgan fingerprint density at radius 1 is 0.705 bits per heavy atom. The second kappa shape index (κ2) is 12.4. The SMILES string of the molecule is Cc1cccc(N(c2cccc(C)c2)c2ccc3cc(/C=C/c4cc[n+](CCCS(=O)(=O)O)c5ccccc45)ccc3c2)c1. The highest BCUT2D eigenvalue weighted by atomic mass is 32.2. The molecule has 0 aliphatic rings. The lowest BCUT2D eigenvalue weighted by atomic mass is 10.0. The Labute approximate surface area is 259 Å². The van der Waals surface area contributed by atoms with Crippen LogP contribution in [0, 0.1) is 13.8 Å². The van der Waals surface area contributed by atoms with Gasteiger partial charge in [0, 0.05) is 35.6 Å². The number of aromatic nitrogens is 1. The summed E-state index contributed by atoms with van der Waals surface area (Å²) in [6.45, 7) is 4.75. The van der Waals surface area contributed by atoms with E-state index < -0.39 is 10.1 Å². The first-order valence-electron chi connectivity index (χ1n) is 14.8. The Bertz CT molecular complexity index is 2070. The quantitative estimate of drug-likeness (QED) is 0.133. The lowest BCUT2D eigenvalue weighted by Gasteiger charge is -2.26. The summed E-state index contributed by atoms with van der Waals surface area (Å²) in [7, 11) is -3.97. The molecule has 0 bridgehead atoms. The minimum Gasteiger partial charge on any atom is -0.310 e. The molecule has 6 rings (SSSR count). The third kappa shape index (κ3) is 6.72. The molecular formula is C38H35N2O3S+. The molecule has 0 amide bonds. The Morgan fingerprint density at radius 2 is 1.36 bits per heavy atom. The molecule has 0 aliphatic carbocycles. The maximum Gasteiger partial charge on any atom is 0.265 e. The molecule has 1 aromatic heterocycles. The maximum absolute atomic E-state index is 11.2. The molecule has 0 aliphatic heterocycles. The number of fused-ring (bicyclic) bond motifs is 2. The zero-order valence-electron chi connectivity index (χ0n) is 24.9. The van der Waals surface area contributed by atoms with Crippen LogP contribution in [0.3, 0.4) is 0 Å². The van der Waals surface area contributed by atoms with Gasteiger partial charge >= 0.3 is 0 Å². The minimum atomic E-state index is -3.97. The predicted octanol–water partition coefficient (Wildman–Crippen LogP) is 8.82. The summed E-state index contributed by atoms with van der Waals surface area (Å²) in [6, 6.07) is 40.5. The number of hydrogen-bond donors (Lipinski definition) is 1. The van der Waals surface area contributed by atoms with Gasteiger partial charge in [-0.2, -0.15) is 13.0 Å². The number of hydrogen-bond acceptors (Lipinski definition) is 3. The minimum absolute atomic E-state index is 0.255. The standard InChI is InChI=1S/C38H34N2O3S/c1-28-8-5-10-34(24-28)40(35-11-6-9-29(2)25-35)36-19-18-32-26-30(15-17-33(32)27-36)14-16-31-20-22-39(21-7-23-44(41,42)43)38-13-4-3-12-37(31)38/h3-6,8-20,22,24-27H,7,21,23H2,1-2H3/p+1. The monoisotopic (exact) mass is 599 g/mol. The molecule has 44 heavy (non-hydrogen) atoms. The van der Waals surface area contributed by atoms with Crippen molar-refractivity contribution in [3.63, 3.8) is 0 Å². The number of anilines is 3. The van der Waals surface area contributed by atoms with E-state index in [0.717, 1.165) is 39.1 Å². The normalized spacial score (nSPS) is 11.9. The third-order valence-corrected chi connectivity index (χ3v) is 8.65. The van der Waals surface area contributed by atoms with Gasteiger partial charge < -0.3 is 4.90 Å². The van der Waals surface area contributed by atoms with E-state index in [1.54, 1.807) is 0 Å². The van der Waals surface area contributed by atoms with Crippen molar-refractivity contribution in [2.75, 3.05) is 10.7 Å². The summed E-state index contributed by atoms with van der Waals surface area (Å²) >= 11 is 0. The van der Waals surface area contributed by atoms with Crippen molar-refractivity contribution in [1.82, 2.24) is 0 Å². The van der Waals surface area contributed by atoms with Crippen molar-refractivity contribution < 1.29 is 17.5 Å². The zero-order valence-corrected chi connectivity index (χ0v) is 25.7. The molecule has 0 unspecified atom stereocenters. The maximum atomic E-state index is 11.2. The number of nitrogens with zero attached hydrogens (tertiary/aromatic N) is 2. The number of rotatable bonds is 9. The van der Waals surface area contributed by atoms with Crippen LogP contribution in [-0.2, 0) is 16.7 Å². The van der Waals surface area contributed by atoms with Crippen molar-refractivity contribution in [3.8, 4) is 0 Å². The fourth-order valence-corrected chi connectivity index (χ4v) is 6.22. The van der Waals surface area contributed by atoms with E-state index in [0.29, 0.717) is 13.0 Å². The first-order chi connectivity index (χ1) is 21.2. The Hall–Kier alpha value is -4.78. The van der Waals surface area contributed by atoms with E-state index in [2.05, 4.69) is 122 Å². The summed E-state index contributed by atoms with van der Waals surface area (Å²) in [6.07, 6.45) is 6.57. The highest BCUT2D eigenvalue weighted by molar-refractivity contribution is 7.85. The molecule has 6 aromatic rings. The van der Waals surface area contributed by atoms with Crippen LogP contribution in [0.15, 0.2) is 121 Å². The van der Waals surface area contributed by atoms with E-state index in [1.165, 1.54) is 21.9 Å². The summed E-state index contributed by atoms with van der Waals surface area (Å²) in [5.74, 6) is -0.255. The largest absolute Gasteiger partial charge is 0.310 e. The lowest BCUT2D eigenvalue weighted by molar-refractivity contribution is -0.671. The second-order valence-electron chi connectivity index (χ2n) is 11.3. The highest BCUT2D eigenvalue weighted by Gasteiger charge is 2.15. The van der Waals surface area contributed by atoms with Crippen molar-refractivity contribution in [2.45, 2.75) is 26.8 Å². The molecule has 220 valence electrons. The van der Waals surface area contributed by atoms with Crippen LogP contribution >= 0.6 is 0 Å². The fourth-order valence-electron chi connectivity index (χ4n) is 5.73. The molecule has 0 fully saturated rings. The average molecular weight is 600 g/mol. The molecule has 1 heterocycles. The van der Waals surface area contributed by atoms with E-state index >= 15 is 0 Å². The number of pyridine rings is 1. The Morgan fingerprint density at radius 3 is 2.07 bits per heavy atom. The van der Waals surface area contributed by atoms with Gasteiger partial charge in [0.15, 0.2) is 6.20 Å². The molecule has 0 atom stereocenters. The van der Waals surface area contributed by atoms with Gasteiger partial charge in [0.05, 0.1) is 11.1 Å². The smallest absolute Gasteiger partial charge is 0.265 e. The fraction of sp³-hybridized carbons (Fsp3) is 0.132. The van der Waals surface area contributed by atoms with Gasteiger partial charge in [0.25, 0.3) is 10.1 Å². The summed E-state index contributed by atoms with van der Waals surface area (Å²) in [5, 5.41) is 3.41. The van der Waals surface area contributed by atoms with E-state index in [1.807, 2.05) is 35.0 Å². The van der Waals surface area contributed by atoms with Gasteiger partial charge in [0.1, 0.15) is 6.54 Å². The lowest BCUT2D eigenvalue weighted by Crippen LogP contribution is -2.35. The summed E-state index contributed by atoms with van der Waals surface area (Å²) in [4.78, 5) is 2.31. The topological polar surface area (TPSA) is 61.5 Å². The second-order valence-corrected chi connectivity index (χ2v) is 12.8. The van der Waals surface area contributed by atoms with Crippen molar-refractivity contribution in [2.24, 2.45) is 0 Å². The van der Waals surface area contributed by atoms with Gasteiger partial charge in [-0.25, -0.2) is 0 Å². The van der Waals surface area contributed by atoms with E-state index in [9.17, 15) is 8.42 Å². The highest BCUT2D eigenvalue weighted by Crippen LogP contribution is 2.37. The van der Waals surface area contributed by atoms with Crippen LogP contribution in [0.1, 0.15) is 28.7 Å². The molecule has 0 saturated heterocycles. The van der Waals surface area contributed by atoms with Crippen LogP contribution in [0.5, 0.6) is 0 Å². The zero-order chi connectivity index (χ0) is 30.7. The van der Waals surface area contributed by atoms with Crippen molar-refractivity contribution in [3.05, 3.63) is 144 Å². The van der Waals surface area contributed by atoms with Gasteiger partial charge in [0.2, 0.25) is 5.52 Å². The van der Waals surface area contributed by atoms with Crippen LogP contribution < -0.4 is 9.47 Å². The van der Waals surface area contributed by atoms with Crippen LogP contribution in [0.4, 0.5) is 17.1 Å². The molecule has 0 saturated carbocycles. The van der Waals surface area contributed by atoms with Gasteiger partial charge in [-0.15, -0.1) is 0 Å². The van der Waals surface area contributed by atoms with E-state index in [4.69, 9.17) is 4.55 Å². The molecule has 6 heteroatoms. The summed E-state index contributed by atoms with van der Waals surface area (Å²) in [5.41, 5.74) is 9.00. The van der Waals surface area contributed by atoms with Crippen molar-refractivity contribution in [1.29, 1.82) is 0 Å². The first-order valence-corrected chi connectivity index (χ1v) is 16.4. The summed E-state index contributed by atoms with van der Waals surface area (Å²) < 4.78 is 33.5. The van der Waals surface area contributed by atoms with Crippen LogP contribution in [-0.4, -0.2) is 18.7 Å². The van der Waals surface area contributed by atoms with Crippen LogP contribution in [0.25, 0.3) is 33.8 Å². The van der Waals surface area contributed by atoms with Gasteiger partial charge in [-0.05, 0) is 95.4 Å². The molecular weight excluding hydrogens is 564 g/mol. The van der Waals surface area contributed by atoms with Crippen molar-refractivity contribution >= 4 is 61.0 Å². The number of benzene rings is 5.